The van der Waals surface area contributed by atoms with Gasteiger partial charge >= 0.3 is 5.97 Å². The lowest BCUT2D eigenvalue weighted by Crippen LogP contribution is -2.27. The van der Waals surface area contributed by atoms with E-state index in [2.05, 4.69) is 5.32 Å². The first-order valence-corrected chi connectivity index (χ1v) is 6.68. The Morgan fingerprint density at radius 3 is 3.00 bits per heavy atom. The van der Waals surface area contributed by atoms with Gasteiger partial charge in [-0.2, -0.15) is 0 Å². The number of hydrogen-bond donors (Lipinski definition) is 2. The van der Waals surface area contributed by atoms with Gasteiger partial charge in [0.1, 0.15) is 6.61 Å². The van der Waals surface area contributed by atoms with E-state index in [1.165, 1.54) is 16.9 Å². The first-order chi connectivity index (χ1) is 8.66. The monoisotopic (exact) mass is 269 g/mol. The number of rotatable bonds is 6. The third kappa shape index (κ3) is 3.30. The summed E-state index contributed by atoms with van der Waals surface area (Å²) in [5.41, 5.74) is 1.30. The van der Waals surface area contributed by atoms with Crippen molar-refractivity contribution >= 4 is 23.2 Å². The molecule has 0 radical (unpaired) electrons. The third-order valence-corrected chi connectivity index (χ3v) is 3.96. The molecule has 0 fully saturated rings. The lowest BCUT2D eigenvalue weighted by atomic mass is 10.2. The molecule has 0 aliphatic heterocycles. The molecule has 0 atom stereocenters. The Morgan fingerprint density at radius 1 is 1.44 bits per heavy atom. The highest BCUT2D eigenvalue weighted by Crippen LogP contribution is 2.30. The van der Waals surface area contributed by atoms with Gasteiger partial charge in [0.05, 0.1) is 11.5 Å². The number of carbonyl (C=O) groups excluding carboxylic acids is 1. The van der Waals surface area contributed by atoms with E-state index >= 15 is 0 Å². The second kappa shape index (κ2) is 5.97. The molecule has 0 unspecified atom stereocenters. The summed E-state index contributed by atoms with van der Waals surface area (Å²) < 4.78 is 4.83. The van der Waals surface area contributed by atoms with E-state index in [-0.39, 0.29) is 19.1 Å². The Hall–Kier alpha value is -1.40. The van der Waals surface area contributed by atoms with Crippen molar-refractivity contribution in [2.24, 2.45) is 0 Å². The Morgan fingerprint density at radius 2 is 2.28 bits per heavy atom. The summed E-state index contributed by atoms with van der Waals surface area (Å²) in [6.07, 6.45) is 3.34. The van der Waals surface area contributed by atoms with Gasteiger partial charge in [0, 0.05) is 11.4 Å². The van der Waals surface area contributed by atoms with E-state index in [4.69, 9.17) is 9.84 Å². The van der Waals surface area contributed by atoms with Crippen molar-refractivity contribution in [2.75, 3.05) is 19.8 Å². The number of ether oxygens (including phenoxy) is 1. The molecule has 0 aromatic carbocycles. The normalized spacial score (nSPS) is 13.3. The molecule has 0 saturated heterocycles. The molecule has 1 aliphatic rings. The molecule has 5 nitrogen and oxygen atoms in total. The van der Waals surface area contributed by atoms with Gasteiger partial charge in [-0.15, -0.1) is 11.3 Å². The number of hydrogen-bond acceptors (Lipinski definition) is 4. The minimum absolute atomic E-state index is 0.103. The maximum absolute atomic E-state index is 11.8. The highest BCUT2D eigenvalue weighted by atomic mass is 32.1. The number of carboxylic acid groups (broad SMARTS) is 1. The Balaban J connectivity index is 1.72. The average Bonchev–Trinajstić information content (AvgIpc) is 2.87. The predicted molar refractivity (Wildman–Crippen MR) is 67.1 cm³/mol. The summed E-state index contributed by atoms with van der Waals surface area (Å²) in [5.74, 6) is -1.11. The smallest absolute Gasteiger partial charge is 0.329 e. The zero-order chi connectivity index (χ0) is 13.0. The number of fused-ring (bicyclic) bond motifs is 1. The summed E-state index contributed by atoms with van der Waals surface area (Å²) in [4.78, 5) is 24.0. The maximum Gasteiger partial charge on any atom is 0.329 e. The van der Waals surface area contributed by atoms with Gasteiger partial charge in [-0.3, -0.25) is 4.79 Å². The van der Waals surface area contributed by atoms with Crippen molar-refractivity contribution in [3.05, 3.63) is 21.4 Å². The van der Waals surface area contributed by atoms with Crippen LogP contribution in [0.5, 0.6) is 0 Å². The van der Waals surface area contributed by atoms with Gasteiger partial charge in [0.25, 0.3) is 5.91 Å². The molecular formula is C12H15NO4S. The summed E-state index contributed by atoms with van der Waals surface area (Å²) in [7, 11) is 0. The average molecular weight is 269 g/mol. The molecule has 0 spiro atoms. The molecule has 1 aromatic heterocycles. The lowest BCUT2D eigenvalue weighted by molar-refractivity contribution is -0.142. The minimum atomic E-state index is -1.00. The van der Waals surface area contributed by atoms with Crippen LogP contribution in [-0.4, -0.2) is 36.7 Å². The third-order valence-electron chi connectivity index (χ3n) is 2.73. The Bertz CT molecular complexity index is 433. The van der Waals surface area contributed by atoms with Crippen molar-refractivity contribution in [1.29, 1.82) is 0 Å². The molecule has 6 heteroatoms. The van der Waals surface area contributed by atoms with Crippen LogP contribution in [0.15, 0.2) is 6.07 Å². The summed E-state index contributed by atoms with van der Waals surface area (Å²) in [6, 6.07) is 1.96. The molecule has 1 aliphatic carbocycles. The fourth-order valence-corrected chi connectivity index (χ4v) is 3.09. The van der Waals surface area contributed by atoms with E-state index in [1.54, 1.807) is 11.3 Å². The standard InChI is InChI=1S/C12H15NO4S/c14-11(15)7-17-5-4-13-12(16)10-6-8-2-1-3-9(8)18-10/h6H,1-5,7H2,(H,13,16)(H,14,15). The number of aliphatic carboxylic acids is 1. The minimum Gasteiger partial charge on any atom is -0.480 e. The molecule has 1 heterocycles. The lowest BCUT2D eigenvalue weighted by Gasteiger charge is -2.03. The van der Waals surface area contributed by atoms with Crippen LogP contribution in [0.3, 0.4) is 0 Å². The fraction of sp³-hybridized carbons (Fsp3) is 0.500. The van der Waals surface area contributed by atoms with Crippen LogP contribution in [0.4, 0.5) is 0 Å². The number of carboxylic acids is 1. The number of nitrogens with one attached hydrogen (secondary N) is 1. The zero-order valence-electron chi connectivity index (χ0n) is 9.90. The SMILES string of the molecule is O=C(O)COCCNC(=O)c1cc2c(s1)CCC2. The topological polar surface area (TPSA) is 75.6 Å². The Kier molecular flexibility index (Phi) is 4.33. The van der Waals surface area contributed by atoms with Gasteiger partial charge in [0.15, 0.2) is 0 Å². The van der Waals surface area contributed by atoms with Gasteiger partial charge in [-0.25, -0.2) is 4.79 Å². The largest absolute Gasteiger partial charge is 0.480 e. The van der Waals surface area contributed by atoms with E-state index in [0.29, 0.717) is 6.54 Å². The molecule has 0 saturated carbocycles. The van der Waals surface area contributed by atoms with Crippen molar-refractivity contribution in [1.82, 2.24) is 5.32 Å². The molecule has 1 aromatic rings. The van der Waals surface area contributed by atoms with Crippen molar-refractivity contribution in [3.63, 3.8) is 0 Å². The zero-order valence-corrected chi connectivity index (χ0v) is 10.7. The van der Waals surface area contributed by atoms with Crippen molar-refractivity contribution in [3.8, 4) is 0 Å². The molecule has 18 heavy (non-hydrogen) atoms. The van der Waals surface area contributed by atoms with Crippen LogP contribution in [-0.2, 0) is 22.4 Å². The van der Waals surface area contributed by atoms with Gasteiger partial charge < -0.3 is 15.2 Å². The van der Waals surface area contributed by atoms with Crippen LogP contribution < -0.4 is 5.32 Å². The number of aryl methyl sites for hydroxylation is 2. The molecule has 2 rings (SSSR count). The molecule has 0 bridgehead atoms. The van der Waals surface area contributed by atoms with Crippen molar-refractivity contribution < 1.29 is 19.4 Å². The molecule has 1 amide bonds. The molecular weight excluding hydrogens is 254 g/mol. The van der Waals surface area contributed by atoms with Gasteiger partial charge in [-0.05, 0) is 30.9 Å². The number of amides is 1. The highest BCUT2D eigenvalue weighted by Gasteiger charge is 2.17. The van der Waals surface area contributed by atoms with Crippen LogP contribution in [0.2, 0.25) is 0 Å². The number of carbonyl (C=O) groups is 2. The number of thiophene rings is 1. The van der Waals surface area contributed by atoms with Crippen LogP contribution in [0.25, 0.3) is 0 Å². The second-order valence-corrected chi connectivity index (χ2v) is 5.25. The van der Waals surface area contributed by atoms with Crippen LogP contribution in [0.1, 0.15) is 26.5 Å². The van der Waals surface area contributed by atoms with E-state index in [0.717, 1.165) is 17.7 Å². The second-order valence-electron chi connectivity index (χ2n) is 4.11. The maximum atomic E-state index is 11.8. The summed E-state index contributed by atoms with van der Waals surface area (Å²) >= 11 is 1.55. The summed E-state index contributed by atoms with van der Waals surface area (Å²) in [6.45, 7) is 0.209. The van der Waals surface area contributed by atoms with Crippen LogP contribution in [0, 0.1) is 0 Å². The van der Waals surface area contributed by atoms with Gasteiger partial charge in [0.2, 0.25) is 0 Å². The predicted octanol–water partition coefficient (Wildman–Crippen LogP) is 1.07. The van der Waals surface area contributed by atoms with Crippen LogP contribution >= 0.6 is 11.3 Å². The molecule has 2 N–H and O–H groups in total. The van der Waals surface area contributed by atoms with Gasteiger partial charge in [-0.1, -0.05) is 0 Å². The fourth-order valence-electron chi connectivity index (χ4n) is 1.92. The Labute approximate surface area is 109 Å². The highest BCUT2D eigenvalue weighted by molar-refractivity contribution is 7.14. The van der Waals surface area contributed by atoms with E-state index in [9.17, 15) is 9.59 Å². The summed E-state index contributed by atoms with van der Waals surface area (Å²) in [5, 5.41) is 11.1. The van der Waals surface area contributed by atoms with E-state index < -0.39 is 5.97 Å². The van der Waals surface area contributed by atoms with E-state index in [1.807, 2.05) is 6.07 Å². The quantitative estimate of drug-likeness (QED) is 0.757. The first-order valence-electron chi connectivity index (χ1n) is 5.86. The van der Waals surface area contributed by atoms with Crippen molar-refractivity contribution in [2.45, 2.75) is 19.3 Å². The molecule has 98 valence electrons. The first kappa shape index (κ1) is 13.0.